The van der Waals surface area contributed by atoms with Crippen molar-refractivity contribution in [3.05, 3.63) is 63.6 Å². The van der Waals surface area contributed by atoms with Gasteiger partial charge in [-0.25, -0.2) is 5.06 Å². The number of carbonyl (C=O) groups excluding carboxylic acids is 1. The van der Waals surface area contributed by atoms with Gasteiger partial charge in [0.05, 0.1) is 35.7 Å². The van der Waals surface area contributed by atoms with E-state index in [-0.39, 0.29) is 12.5 Å². The van der Waals surface area contributed by atoms with Crippen LogP contribution in [0.2, 0.25) is 10.0 Å². The number of aliphatic hydroxyl groups is 1. The fraction of sp³-hybridized carbons (Fsp3) is 0.381. The number of amides is 1. The Kier molecular flexibility index (Phi) is 7.38. The standard InChI is InChI=1S/C21H24Cl2N2O4/c1-29-17-5-3-15(4-6-17)20(13-24-9-8-16(26)12-24)25(28)21(27)11-14-2-7-18(22)19(23)10-14/h2-7,10,16,20,26,28H,8-9,11-13H2,1H3. The first-order valence-corrected chi connectivity index (χ1v) is 10.1. The Hall–Kier alpha value is -1.83. The lowest BCUT2D eigenvalue weighted by Gasteiger charge is -2.30. The number of methoxy groups -OCH3 is 1. The second-order valence-corrected chi connectivity index (χ2v) is 7.97. The lowest BCUT2D eigenvalue weighted by Crippen LogP contribution is -2.40. The number of likely N-dealkylation sites (tertiary alicyclic amines) is 1. The van der Waals surface area contributed by atoms with Gasteiger partial charge in [0, 0.05) is 19.6 Å². The minimum absolute atomic E-state index is 0.0112. The molecule has 2 unspecified atom stereocenters. The molecule has 1 aliphatic heterocycles. The van der Waals surface area contributed by atoms with Crippen molar-refractivity contribution in [2.24, 2.45) is 0 Å². The lowest BCUT2D eigenvalue weighted by molar-refractivity contribution is -0.177. The average Bonchev–Trinajstić information content (AvgIpc) is 3.13. The fourth-order valence-corrected chi connectivity index (χ4v) is 3.77. The van der Waals surface area contributed by atoms with Gasteiger partial charge in [0.15, 0.2) is 0 Å². The number of carbonyl (C=O) groups is 1. The number of β-amino-alcohol motifs (C(OH)–C–C–N with tert-alkyl or cyclic N) is 1. The predicted octanol–water partition coefficient (Wildman–Crippen LogP) is 3.57. The summed E-state index contributed by atoms with van der Waals surface area (Å²) in [7, 11) is 1.58. The molecule has 0 spiro atoms. The van der Waals surface area contributed by atoms with Gasteiger partial charge in [0.25, 0.3) is 5.91 Å². The van der Waals surface area contributed by atoms with E-state index in [1.165, 1.54) is 0 Å². The molecule has 156 valence electrons. The normalized spacial score (nSPS) is 17.9. The highest BCUT2D eigenvalue weighted by Crippen LogP contribution is 2.27. The molecule has 0 radical (unpaired) electrons. The molecule has 8 heteroatoms. The van der Waals surface area contributed by atoms with Crippen molar-refractivity contribution in [2.75, 3.05) is 26.7 Å². The van der Waals surface area contributed by atoms with Crippen molar-refractivity contribution in [2.45, 2.75) is 25.0 Å². The van der Waals surface area contributed by atoms with E-state index in [1.54, 1.807) is 37.4 Å². The van der Waals surface area contributed by atoms with E-state index in [0.717, 1.165) is 10.6 Å². The summed E-state index contributed by atoms with van der Waals surface area (Å²) in [5, 5.41) is 22.1. The third kappa shape index (κ3) is 5.62. The summed E-state index contributed by atoms with van der Waals surface area (Å²) in [6.07, 6.45) is 0.284. The number of hydroxylamine groups is 2. The van der Waals surface area contributed by atoms with E-state index in [0.29, 0.717) is 47.4 Å². The van der Waals surface area contributed by atoms with Crippen molar-refractivity contribution in [1.82, 2.24) is 9.96 Å². The number of nitrogens with zero attached hydrogens (tertiary/aromatic N) is 2. The molecule has 0 bridgehead atoms. The van der Waals surface area contributed by atoms with E-state index >= 15 is 0 Å². The average molecular weight is 439 g/mol. The van der Waals surface area contributed by atoms with Crippen LogP contribution in [-0.2, 0) is 11.2 Å². The summed E-state index contributed by atoms with van der Waals surface area (Å²) in [6.45, 7) is 1.64. The van der Waals surface area contributed by atoms with Crippen LogP contribution in [0.25, 0.3) is 0 Å². The van der Waals surface area contributed by atoms with Gasteiger partial charge in [-0.3, -0.25) is 14.9 Å². The van der Waals surface area contributed by atoms with Gasteiger partial charge in [-0.2, -0.15) is 0 Å². The number of halogens is 2. The molecule has 1 amide bonds. The lowest BCUT2D eigenvalue weighted by atomic mass is 10.0. The Morgan fingerprint density at radius 1 is 1.24 bits per heavy atom. The zero-order valence-corrected chi connectivity index (χ0v) is 17.6. The van der Waals surface area contributed by atoms with Crippen molar-refractivity contribution < 1.29 is 19.8 Å². The highest BCUT2D eigenvalue weighted by Gasteiger charge is 2.29. The van der Waals surface area contributed by atoms with Gasteiger partial charge in [-0.05, 0) is 41.8 Å². The molecule has 6 nitrogen and oxygen atoms in total. The molecule has 2 N–H and O–H groups in total. The molecule has 1 saturated heterocycles. The maximum absolute atomic E-state index is 12.8. The van der Waals surface area contributed by atoms with E-state index in [2.05, 4.69) is 0 Å². The zero-order chi connectivity index (χ0) is 21.0. The first-order valence-electron chi connectivity index (χ1n) is 9.36. The number of rotatable bonds is 7. The molecule has 1 heterocycles. The molecule has 1 aliphatic rings. The molecule has 2 aromatic rings. The molecule has 1 fully saturated rings. The van der Waals surface area contributed by atoms with Crippen molar-refractivity contribution in [3.8, 4) is 5.75 Å². The molecule has 2 atom stereocenters. The van der Waals surface area contributed by atoms with Crippen LogP contribution in [-0.4, -0.2) is 59.0 Å². The molecule has 0 aliphatic carbocycles. The van der Waals surface area contributed by atoms with Crippen LogP contribution in [0, 0.1) is 0 Å². The molecular weight excluding hydrogens is 415 g/mol. The first kappa shape index (κ1) is 21.9. The topological polar surface area (TPSA) is 73.2 Å². The van der Waals surface area contributed by atoms with E-state index in [4.69, 9.17) is 27.9 Å². The number of hydrogen-bond acceptors (Lipinski definition) is 5. The van der Waals surface area contributed by atoms with Crippen molar-refractivity contribution in [1.29, 1.82) is 0 Å². The Balaban J connectivity index is 1.78. The van der Waals surface area contributed by atoms with Crippen LogP contribution < -0.4 is 4.74 Å². The van der Waals surface area contributed by atoms with Crippen LogP contribution in [0.15, 0.2) is 42.5 Å². The zero-order valence-electron chi connectivity index (χ0n) is 16.1. The maximum atomic E-state index is 12.8. The SMILES string of the molecule is COc1ccc(C(CN2CCC(O)C2)N(O)C(=O)Cc2ccc(Cl)c(Cl)c2)cc1. The molecule has 0 aromatic heterocycles. The summed E-state index contributed by atoms with van der Waals surface area (Å²) in [6, 6.07) is 11.6. The van der Waals surface area contributed by atoms with Crippen molar-refractivity contribution >= 4 is 29.1 Å². The number of ether oxygens (including phenoxy) is 1. The highest BCUT2D eigenvalue weighted by molar-refractivity contribution is 6.42. The van der Waals surface area contributed by atoms with Crippen LogP contribution in [0.1, 0.15) is 23.6 Å². The smallest absolute Gasteiger partial charge is 0.250 e. The Labute approximate surface area is 180 Å². The number of hydrogen-bond donors (Lipinski definition) is 2. The Morgan fingerprint density at radius 2 is 1.97 bits per heavy atom. The summed E-state index contributed by atoms with van der Waals surface area (Å²) in [5.41, 5.74) is 1.44. The van der Waals surface area contributed by atoms with E-state index in [9.17, 15) is 15.1 Å². The van der Waals surface area contributed by atoms with Gasteiger partial charge >= 0.3 is 0 Å². The summed E-state index contributed by atoms with van der Waals surface area (Å²) < 4.78 is 5.19. The maximum Gasteiger partial charge on any atom is 0.250 e. The van der Waals surface area contributed by atoms with Gasteiger partial charge in [0.2, 0.25) is 0 Å². The minimum Gasteiger partial charge on any atom is -0.497 e. The summed E-state index contributed by atoms with van der Waals surface area (Å²) >= 11 is 12.0. The highest BCUT2D eigenvalue weighted by atomic mass is 35.5. The second-order valence-electron chi connectivity index (χ2n) is 7.15. The molecular formula is C21H24Cl2N2O4. The van der Waals surface area contributed by atoms with E-state index < -0.39 is 11.9 Å². The van der Waals surface area contributed by atoms with Crippen LogP contribution in [0.4, 0.5) is 0 Å². The van der Waals surface area contributed by atoms with Crippen molar-refractivity contribution in [3.63, 3.8) is 0 Å². The number of benzene rings is 2. The van der Waals surface area contributed by atoms with Gasteiger partial charge in [0.1, 0.15) is 5.75 Å². The summed E-state index contributed by atoms with van der Waals surface area (Å²) in [5.74, 6) is 0.236. The molecule has 2 aromatic carbocycles. The predicted molar refractivity (Wildman–Crippen MR) is 112 cm³/mol. The van der Waals surface area contributed by atoms with Gasteiger partial charge < -0.3 is 9.84 Å². The molecule has 29 heavy (non-hydrogen) atoms. The fourth-order valence-electron chi connectivity index (χ4n) is 3.45. The Bertz CT molecular complexity index is 847. The molecule has 0 saturated carbocycles. The quantitative estimate of drug-likeness (QED) is 0.510. The largest absolute Gasteiger partial charge is 0.497 e. The number of aliphatic hydroxyl groups excluding tert-OH is 1. The second kappa shape index (κ2) is 9.78. The molecule has 3 rings (SSSR count). The minimum atomic E-state index is -0.582. The first-order chi connectivity index (χ1) is 13.9. The monoisotopic (exact) mass is 438 g/mol. The summed E-state index contributed by atoms with van der Waals surface area (Å²) in [4.78, 5) is 14.8. The van der Waals surface area contributed by atoms with Gasteiger partial charge in [-0.15, -0.1) is 0 Å². The van der Waals surface area contributed by atoms with Crippen LogP contribution in [0.3, 0.4) is 0 Å². The van der Waals surface area contributed by atoms with Crippen LogP contribution in [0.5, 0.6) is 5.75 Å². The van der Waals surface area contributed by atoms with E-state index in [1.807, 2.05) is 17.0 Å². The Morgan fingerprint density at radius 3 is 2.55 bits per heavy atom. The third-order valence-electron chi connectivity index (χ3n) is 5.07. The van der Waals surface area contributed by atoms with Gasteiger partial charge in [-0.1, -0.05) is 41.4 Å². The third-order valence-corrected chi connectivity index (χ3v) is 5.81. The van der Waals surface area contributed by atoms with Crippen LogP contribution >= 0.6 is 23.2 Å².